The molecule has 0 radical (unpaired) electrons. The number of cyclic esters (lactones) is 1. The number of hydrogen-bond acceptors (Lipinski definition) is 5. The van der Waals surface area contributed by atoms with Gasteiger partial charge in [0, 0.05) is 23.2 Å². The summed E-state index contributed by atoms with van der Waals surface area (Å²) in [7, 11) is 3.06. The Balaban J connectivity index is 1.94. The molecule has 0 aliphatic carbocycles. The summed E-state index contributed by atoms with van der Waals surface area (Å²) in [6.07, 6.45) is 0.843. The summed E-state index contributed by atoms with van der Waals surface area (Å²) in [5.74, 6) is 0.571. The van der Waals surface area contributed by atoms with Crippen molar-refractivity contribution in [3.8, 4) is 11.5 Å². The van der Waals surface area contributed by atoms with Crippen LogP contribution in [0.3, 0.4) is 0 Å². The fourth-order valence-corrected chi connectivity index (χ4v) is 2.87. The molecule has 1 unspecified atom stereocenters. The molecule has 25 heavy (non-hydrogen) atoms. The highest BCUT2D eigenvalue weighted by Crippen LogP contribution is 2.39. The first-order valence-electron chi connectivity index (χ1n) is 7.38. The summed E-state index contributed by atoms with van der Waals surface area (Å²) in [6, 6.07) is 10.4. The maximum Gasteiger partial charge on any atom is 0.333 e. The molecule has 0 aromatic heterocycles. The summed E-state index contributed by atoms with van der Waals surface area (Å²) in [6.45, 7) is 0. The van der Waals surface area contributed by atoms with Crippen LogP contribution in [0.15, 0.2) is 48.2 Å². The van der Waals surface area contributed by atoms with E-state index in [2.05, 4.69) is 5.32 Å². The zero-order valence-corrected chi connectivity index (χ0v) is 15.0. The second-order valence-electron chi connectivity index (χ2n) is 5.28. The lowest BCUT2D eigenvalue weighted by Crippen LogP contribution is -2.10. The first-order chi connectivity index (χ1) is 12.0. The standard InChI is InChI=1S/C18H15Cl2NO4/c1-23-15-8-13(16(24-2)7-12(15)20)21-14-9-17(22)25-18(14)10-3-5-11(19)6-4-10/h3-9,18,21H,1-2H3. The van der Waals surface area contributed by atoms with Crippen molar-refractivity contribution in [2.24, 2.45) is 0 Å². The van der Waals surface area contributed by atoms with Crippen LogP contribution in [0, 0.1) is 0 Å². The lowest BCUT2D eigenvalue weighted by molar-refractivity contribution is -0.139. The second-order valence-corrected chi connectivity index (χ2v) is 6.12. The van der Waals surface area contributed by atoms with Crippen molar-refractivity contribution in [1.29, 1.82) is 0 Å². The van der Waals surface area contributed by atoms with Crippen molar-refractivity contribution < 1.29 is 19.0 Å². The van der Waals surface area contributed by atoms with Gasteiger partial charge >= 0.3 is 5.97 Å². The van der Waals surface area contributed by atoms with Gasteiger partial charge in [-0.15, -0.1) is 0 Å². The lowest BCUT2D eigenvalue weighted by atomic mass is 10.1. The number of esters is 1. The van der Waals surface area contributed by atoms with Gasteiger partial charge in [-0.3, -0.25) is 0 Å². The van der Waals surface area contributed by atoms with E-state index in [1.807, 2.05) is 0 Å². The Morgan fingerprint density at radius 3 is 2.36 bits per heavy atom. The van der Waals surface area contributed by atoms with E-state index in [9.17, 15) is 4.79 Å². The highest BCUT2D eigenvalue weighted by atomic mass is 35.5. The quantitative estimate of drug-likeness (QED) is 0.768. The maximum absolute atomic E-state index is 11.8. The molecule has 0 spiro atoms. The van der Waals surface area contributed by atoms with E-state index in [1.54, 1.807) is 36.4 Å². The van der Waals surface area contributed by atoms with Crippen LogP contribution in [-0.2, 0) is 9.53 Å². The first kappa shape index (κ1) is 17.5. The summed E-state index contributed by atoms with van der Waals surface area (Å²) in [4.78, 5) is 11.8. The van der Waals surface area contributed by atoms with Crippen molar-refractivity contribution >= 4 is 34.9 Å². The molecule has 0 bridgehead atoms. The molecular weight excluding hydrogens is 365 g/mol. The average molecular weight is 380 g/mol. The van der Waals surface area contributed by atoms with Crippen molar-refractivity contribution in [2.75, 3.05) is 19.5 Å². The first-order valence-corrected chi connectivity index (χ1v) is 8.13. The van der Waals surface area contributed by atoms with Gasteiger partial charge in [-0.1, -0.05) is 35.3 Å². The summed E-state index contributed by atoms with van der Waals surface area (Å²) < 4.78 is 16.0. The number of halogens is 2. The number of methoxy groups -OCH3 is 2. The molecule has 3 rings (SSSR count). The number of nitrogens with one attached hydrogen (secondary N) is 1. The van der Waals surface area contributed by atoms with Gasteiger partial charge in [0.25, 0.3) is 0 Å². The Labute approximate surface area is 155 Å². The monoisotopic (exact) mass is 379 g/mol. The number of hydrogen-bond donors (Lipinski definition) is 1. The lowest BCUT2D eigenvalue weighted by Gasteiger charge is -2.19. The van der Waals surface area contributed by atoms with Gasteiger partial charge in [-0.2, -0.15) is 0 Å². The predicted molar refractivity (Wildman–Crippen MR) is 96.5 cm³/mol. The highest BCUT2D eigenvalue weighted by Gasteiger charge is 2.29. The Kier molecular flexibility index (Phi) is 5.06. The van der Waals surface area contributed by atoms with Crippen LogP contribution in [0.4, 0.5) is 5.69 Å². The van der Waals surface area contributed by atoms with Crippen LogP contribution < -0.4 is 14.8 Å². The fourth-order valence-electron chi connectivity index (χ4n) is 2.52. The SMILES string of the molecule is COc1cc(NC2=CC(=O)OC2c2ccc(Cl)cc2)c(OC)cc1Cl. The second kappa shape index (κ2) is 7.25. The normalized spacial score (nSPS) is 16.2. The van der Waals surface area contributed by atoms with Crippen LogP contribution in [0.5, 0.6) is 11.5 Å². The van der Waals surface area contributed by atoms with Crippen molar-refractivity contribution in [3.05, 3.63) is 63.8 Å². The number of rotatable bonds is 5. The summed E-state index contributed by atoms with van der Waals surface area (Å²) in [5.41, 5.74) is 1.98. The van der Waals surface area contributed by atoms with Gasteiger partial charge in [0.15, 0.2) is 6.10 Å². The number of ether oxygens (including phenoxy) is 3. The highest BCUT2D eigenvalue weighted by molar-refractivity contribution is 6.32. The Morgan fingerprint density at radius 2 is 1.72 bits per heavy atom. The molecule has 1 heterocycles. The molecule has 1 N–H and O–H groups in total. The van der Waals surface area contributed by atoms with Crippen LogP contribution in [-0.4, -0.2) is 20.2 Å². The van der Waals surface area contributed by atoms with E-state index in [4.69, 9.17) is 37.4 Å². The Bertz CT molecular complexity index is 834. The largest absolute Gasteiger partial charge is 0.495 e. The molecule has 2 aromatic carbocycles. The van der Waals surface area contributed by atoms with E-state index in [1.165, 1.54) is 20.3 Å². The van der Waals surface area contributed by atoms with E-state index in [0.717, 1.165) is 5.56 Å². The molecule has 1 atom stereocenters. The zero-order valence-electron chi connectivity index (χ0n) is 13.5. The van der Waals surface area contributed by atoms with Crippen LogP contribution in [0.25, 0.3) is 0 Å². The molecule has 130 valence electrons. The van der Waals surface area contributed by atoms with Crippen LogP contribution >= 0.6 is 23.2 Å². The third-order valence-electron chi connectivity index (χ3n) is 3.72. The molecule has 2 aromatic rings. The molecule has 1 aliphatic rings. The minimum absolute atomic E-state index is 0.423. The van der Waals surface area contributed by atoms with E-state index in [0.29, 0.717) is 32.9 Å². The number of carbonyl (C=O) groups excluding carboxylic acids is 1. The number of carbonyl (C=O) groups is 1. The van der Waals surface area contributed by atoms with Gasteiger partial charge < -0.3 is 19.5 Å². The molecule has 0 fully saturated rings. The minimum atomic E-state index is -0.559. The molecule has 0 saturated heterocycles. The Hall–Kier alpha value is -2.37. The third-order valence-corrected chi connectivity index (χ3v) is 4.26. The predicted octanol–water partition coefficient (Wildman–Crippen LogP) is 4.60. The zero-order chi connectivity index (χ0) is 18.0. The Morgan fingerprint density at radius 1 is 1.04 bits per heavy atom. The molecule has 0 amide bonds. The molecule has 7 heteroatoms. The molecule has 5 nitrogen and oxygen atoms in total. The number of anilines is 1. The molecule has 0 saturated carbocycles. The average Bonchev–Trinajstić information content (AvgIpc) is 2.97. The summed E-state index contributed by atoms with van der Waals surface area (Å²) in [5, 5.41) is 4.20. The van der Waals surface area contributed by atoms with Crippen molar-refractivity contribution in [3.63, 3.8) is 0 Å². The van der Waals surface area contributed by atoms with E-state index in [-0.39, 0.29) is 0 Å². The van der Waals surface area contributed by atoms with Crippen molar-refractivity contribution in [1.82, 2.24) is 0 Å². The molecular formula is C18H15Cl2NO4. The van der Waals surface area contributed by atoms with E-state index < -0.39 is 12.1 Å². The van der Waals surface area contributed by atoms with Crippen LogP contribution in [0.2, 0.25) is 10.0 Å². The fraction of sp³-hybridized carbons (Fsp3) is 0.167. The smallest absolute Gasteiger partial charge is 0.333 e. The summed E-state index contributed by atoms with van der Waals surface area (Å²) >= 11 is 12.0. The van der Waals surface area contributed by atoms with Gasteiger partial charge in [-0.25, -0.2) is 4.79 Å². The maximum atomic E-state index is 11.8. The van der Waals surface area contributed by atoms with Gasteiger partial charge in [0.2, 0.25) is 0 Å². The third kappa shape index (κ3) is 3.67. The van der Waals surface area contributed by atoms with Gasteiger partial charge in [0.1, 0.15) is 11.5 Å². The van der Waals surface area contributed by atoms with Gasteiger partial charge in [0.05, 0.1) is 30.6 Å². The van der Waals surface area contributed by atoms with E-state index >= 15 is 0 Å². The van der Waals surface area contributed by atoms with Crippen LogP contribution in [0.1, 0.15) is 11.7 Å². The number of benzene rings is 2. The topological polar surface area (TPSA) is 56.8 Å². The molecule has 1 aliphatic heterocycles. The van der Waals surface area contributed by atoms with Gasteiger partial charge in [-0.05, 0) is 17.7 Å². The van der Waals surface area contributed by atoms with Crippen molar-refractivity contribution in [2.45, 2.75) is 6.10 Å². The minimum Gasteiger partial charge on any atom is -0.495 e.